The number of carbonyl (C=O) groups excluding carboxylic acids is 1. The van der Waals surface area contributed by atoms with Crippen LogP contribution in [0.4, 0.5) is 0 Å². The summed E-state index contributed by atoms with van der Waals surface area (Å²) in [5, 5.41) is 23.8. The molecule has 7 heteroatoms. The van der Waals surface area contributed by atoms with Crippen LogP contribution in [0.25, 0.3) is 0 Å². The number of amides is 1. The van der Waals surface area contributed by atoms with Crippen molar-refractivity contribution in [2.75, 3.05) is 19.6 Å². The van der Waals surface area contributed by atoms with Crippen molar-refractivity contribution in [1.29, 1.82) is 0 Å². The molecule has 1 aromatic heterocycles. The molecular weight excluding hydrogens is 258 g/mol. The van der Waals surface area contributed by atoms with Crippen LogP contribution in [0.15, 0.2) is 6.20 Å². The van der Waals surface area contributed by atoms with Gasteiger partial charge in [0.2, 0.25) is 0 Å². The van der Waals surface area contributed by atoms with Crippen molar-refractivity contribution in [3.8, 4) is 0 Å². The SMILES string of the molecule is O=C(NCC1CCCCC1O)c1cn(C2CNC2)nn1. The van der Waals surface area contributed by atoms with Crippen LogP contribution in [-0.4, -0.2) is 51.7 Å². The summed E-state index contributed by atoms with van der Waals surface area (Å²) in [7, 11) is 0. The van der Waals surface area contributed by atoms with Crippen molar-refractivity contribution >= 4 is 5.91 Å². The normalized spacial score (nSPS) is 27.1. The first-order valence-corrected chi connectivity index (χ1v) is 7.33. The summed E-state index contributed by atoms with van der Waals surface area (Å²) < 4.78 is 1.74. The Kier molecular flexibility index (Phi) is 3.98. The van der Waals surface area contributed by atoms with E-state index in [4.69, 9.17) is 0 Å². The van der Waals surface area contributed by atoms with E-state index in [-0.39, 0.29) is 17.9 Å². The minimum absolute atomic E-state index is 0.165. The van der Waals surface area contributed by atoms with E-state index in [1.54, 1.807) is 10.9 Å². The fourth-order valence-corrected chi connectivity index (χ4v) is 2.76. The second-order valence-corrected chi connectivity index (χ2v) is 5.72. The zero-order valence-electron chi connectivity index (χ0n) is 11.5. The van der Waals surface area contributed by atoms with E-state index in [0.29, 0.717) is 18.3 Å². The third kappa shape index (κ3) is 2.83. The zero-order valence-corrected chi connectivity index (χ0v) is 11.5. The van der Waals surface area contributed by atoms with Gasteiger partial charge in [-0.15, -0.1) is 5.10 Å². The molecule has 20 heavy (non-hydrogen) atoms. The molecule has 2 unspecified atom stereocenters. The van der Waals surface area contributed by atoms with Crippen LogP contribution in [0, 0.1) is 5.92 Å². The van der Waals surface area contributed by atoms with Gasteiger partial charge in [0, 0.05) is 25.6 Å². The largest absolute Gasteiger partial charge is 0.393 e. The number of rotatable bonds is 4. The summed E-state index contributed by atoms with van der Waals surface area (Å²) in [6, 6.07) is 0.309. The molecule has 0 aromatic carbocycles. The van der Waals surface area contributed by atoms with Crippen LogP contribution in [0.3, 0.4) is 0 Å². The Labute approximate surface area is 117 Å². The summed E-state index contributed by atoms with van der Waals surface area (Å²) >= 11 is 0. The summed E-state index contributed by atoms with van der Waals surface area (Å²) in [5.74, 6) is -0.0418. The molecule has 0 radical (unpaired) electrons. The Bertz CT molecular complexity index is 471. The summed E-state index contributed by atoms with van der Waals surface area (Å²) in [4.78, 5) is 12.0. The zero-order chi connectivity index (χ0) is 13.9. The van der Waals surface area contributed by atoms with Gasteiger partial charge in [0.25, 0.3) is 5.91 Å². The second kappa shape index (κ2) is 5.88. The van der Waals surface area contributed by atoms with Crippen molar-refractivity contribution in [1.82, 2.24) is 25.6 Å². The number of aromatic nitrogens is 3. The fourth-order valence-electron chi connectivity index (χ4n) is 2.76. The van der Waals surface area contributed by atoms with Crippen molar-refractivity contribution in [3.05, 3.63) is 11.9 Å². The number of aliphatic hydroxyl groups excluding tert-OH is 1. The van der Waals surface area contributed by atoms with Gasteiger partial charge < -0.3 is 15.7 Å². The van der Waals surface area contributed by atoms with Crippen LogP contribution in [0.2, 0.25) is 0 Å². The predicted octanol–water partition coefficient (Wildman–Crippen LogP) is -0.297. The topological polar surface area (TPSA) is 92.1 Å². The number of aliphatic hydroxyl groups is 1. The molecule has 2 heterocycles. The van der Waals surface area contributed by atoms with Crippen LogP contribution >= 0.6 is 0 Å². The van der Waals surface area contributed by atoms with Crippen molar-refractivity contribution in [3.63, 3.8) is 0 Å². The molecule has 0 bridgehead atoms. The molecule has 110 valence electrons. The average molecular weight is 279 g/mol. The van der Waals surface area contributed by atoms with E-state index < -0.39 is 0 Å². The Balaban J connectivity index is 1.52. The maximum atomic E-state index is 12.0. The molecule has 2 atom stereocenters. The van der Waals surface area contributed by atoms with Gasteiger partial charge in [-0.25, -0.2) is 4.68 Å². The van der Waals surface area contributed by atoms with Crippen molar-refractivity contribution in [2.45, 2.75) is 37.8 Å². The second-order valence-electron chi connectivity index (χ2n) is 5.72. The van der Waals surface area contributed by atoms with E-state index in [2.05, 4.69) is 20.9 Å². The molecule has 3 N–H and O–H groups in total. The average Bonchev–Trinajstić information content (AvgIpc) is 2.85. The lowest BCUT2D eigenvalue weighted by Crippen LogP contribution is -2.43. The highest BCUT2D eigenvalue weighted by Gasteiger charge is 2.25. The Morgan fingerprint density at radius 2 is 2.25 bits per heavy atom. The minimum Gasteiger partial charge on any atom is -0.393 e. The highest BCUT2D eigenvalue weighted by atomic mass is 16.3. The first kappa shape index (κ1) is 13.5. The number of nitrogens with one attached hydrogen (secondary N) is 2. The number of hydrogen-bond acceptors (Lipinski definition) is 5. The number of hydrogen-bond donors (Lipinski definition) is 3. The molecule has 2 aliphatic rings. The molecular formula is C13H21N5O2. The quantitative estimate of drug-likeness (QED) is 0.704. The third-order valence-electron chi connectivity index (χ3n) is 4.27. The van der Waals surface area contributed by atoms with Crippen LogP contribution < -0.4 is 10.6 Å². The van der Waals surface area contributed by atoms with Crippen LogP contribution in [0.1, 0.15) is 42.2 Å². The maximum Gasteiger partial charge on any atom is 0.273 e. The predicted molar refractivity (Wildman–Crippen MR) is 72.2 cm³/mol. The third-order valence-corrected chi connectivity index (χ3v) is 4.27. The molecule has 7 nitrogen and oxygen atoms in total. The van der Waals surface area contributed by atoms with Gasteiger partial charge in [-0.3, -0.25) is 4.79 Å². The smallest absolute Gasteiger partial charge is 0.273 e. The van der Waals surface area contributed by atoms with Gasteiger partial charge in [0.05, 0.1) is 18.3 Å². The molecule has 2 fully saturated rings. The molecule has 1 aliphatic heterocycles. The Morgan fingerprint density at radius 1 is 1.45 bits per heavy atom. The van der Waals surface area contributed by atoms with Crippen LogP contribution in [-0.2, 0) is 0 Å². The summed E-state index contributed by atoms with van der Waals surface area (Å²) in [6.07, 6.45) is 5.42. The van der Waals surface area contributed by atoms with Gasteiger partial charge in [-0.05, 0) is 12.8 Å². The molecule has 3 rings (SSSR count). The molecule has 1 amide bonds. The van der Waals surface area contributed by atoms with Gasteiger partial charge >= 0.3 is 0 Å². The molecule has 1 aromatic rings. The minimum atomic E-state index is -0.291. The van der Waals surface area contributed by atoms with E-state index in [1.807, 2.05) is 0 Å². The standard InChI is InChI=1S/C13H21N5O2/c19-12-4-2-1-3-9(12)5-15-13(20)11-8-18(17-16-11)10-6-14-7-10/h8-10,12,14,19H,1-7H2,(H,15,20). The lowest BCUT2D eigenvalue weighted by Gasteiger charge is -2.27. The maximum absolute atomic E-state index is 12.0. The van der Waals surface area contributed by atoms with E-state index in [0.717, 1.165) is 38.8 Å². The highest BCUT2D eigenvalue weighted by Crippen LogP contribution is 2.23. The number of nitrogens with zero attached hydrogens (tertiary/aromatic N) is 3. The first-order chi connectivity index (χ1) is 9.74. The van der Waals surface area contributed by atoms with Gasteiger partial charge in [-0.1, -0.05) is 18.1 Å². The Hall–Kier alpha value is -1.47. The molecule has 1 aliphatic carbocycles. The summed E-state index contributed by atoms with van der Waals surface area (Å²) in [6.45, 7) is 2.26. The fraction of sp³-hybridized carbons (Fsp3) is 0.769. The molecule has 0 spiro atoms. The summed E-state index contributed by atoms with van der Waals surface area (Å²) in [5.41, 5.74) is 0.349. The molecule has 1 saturated heterocycles. The Morgan fingerprint density at radius 3 is 2.95 bits per heavy atom. The van der Waals surface area contributed by atoms with E-state index in [1.165, 1.54) is 0 Å². The van der Waals surface area contributed by atoms with E-state index in [9.17, 15) is 9.90 Å². The van der Waals surface area contributed by atoms with Crippen LogP contribution in [0.5, 0.6) is 0 Å². The van der Waals surface area contributed by atoms with Gasteiger partial charge in [-0.2, -0.15) is 0 Å². The monoisotopic (exact) mass is 279 g/mol. The highest BCUT2D eigenvalue weighted by molar-refractivity contribution is 5.91. The molecule has 1 saturated carbocycles. The first-order valence-electron chi connectivity index (χ1n) is 7.33. The van der Waals surface area contributed by atoms with Crippen molar-refractivity contribution < 1.29 is 9.90 Å². The van der Waals surface area contributed by atoms with Gasteiger partial charge in [0.15, 0.2) is 5.69 Å². The lowest BCUT2D eigenvalue weighted by atomic mass is 9.86. The van der Waals surface area contributed by atoms with Crippen molar-refractivity contribution in [2.24, 2.45) is 5.92 Å². The lowest BCUT2D eigenvalue weighted by molar-refractivity contribution is 0.0661. The van der Waals surface area contributed by atoms with Gasteiger partial charge in [0.1, 0.15) is 0 Å². The van der Waals surface area contributed by atoms with E-state index >= 15 is 0 Å². The number of carbonyl (C=O) groups is 1.